The van der Waals surface area contributed by atoms with Crippen molar-refractivity contribution < 1.29 is 44.3 Å². The predicted molar refractivity (Wildman–Crippen MR) is 71.6 cm³/mol. The van der Waals surface area contributed by atoms with Crippen LogP contribution in [0, 0.1) is 23.2 Å². The highest BCUT2D eigenvalue weighted by atomic mass is 19.4. The zero-order valence-corrected chi connectivity index (χ0v) is 13.2. The Hall–Kier alpha value is -1.19. The van der Waals surface area contributed by atoms with E-state index in [9.17, 15) is 39.5 Å². The van der Waals surface area contributed by atoms with Crippen LogP contribution in [0.4, 0.5) is 39.5 Å². The molecular weight excluding hydrogens is 379 g/mol. The molecule has 10 heteroatoms. The van der Waals surface area contributed by atoms with Crippen molar-refractivity contribution >= 4 is 0 Å². The number of alkyl halides is 9. The molecule has 0 heterocycles. The Balaban J connectivity index is 0.000000158. The lowest BCUT2D eigenvalue weighted by Gasteiger charge is -2.34. The lowest BCUT2D eigenvalue weighted by molar-refractivity contribution is -0.431. The van der Waals surface area contributed by atoms with Crippen molar-refractivity contribution in [3.05, 3.63) is 24.3 Å². The van der Waals surface area contributed by atoms with Crippen LogP contribution in [-0.4, -0.2) is 24.3 Å². The fourth-order valence-electron chi connectivity index (χ4n) is 4.16. The van der Waals surface area contributed by atoms with Crippen molar-refractivity contribution in [2.24, 2.45) is 23.2 Å². The second kappa shape index (κ2) is 5.65. The molecule has 4 aliphatic rings. The molecule has 2 saturated carbocycles. The highest BCUT2D eigenvalue weighted by Gasteiger charge is 2.73. The van der Waals surface area contributed by atoms with Gasteiger partial charge >= 0.3 is 18.5 Å². The minimum Gasteiger partial charge on any atom is -0.247 e. The molecule has 0 amide bonds. The topological polar surface area (TPSA) is 9.23 Å². The van der Waals surface area contributed by atoms with Crippen molar-refractivity contribution in [3.8, 4) is 0 Å². The smallest absolute Gasteiger partial charge is 0.247 e. The third-order valence-corrected chi connectivity index (χ3v) is 5.58. The molecule has 0 aromatic rings. The molecule has 0 aliphatic heterocycles. The third kappa shape index (κ3) is 2.93. The molecule has 0 aromatic carbocycles. The predicted octanol–water partition coefficient (Wildman–Crippen LogP) is 5.93. The van der Waals surface area contributed by atoms with E-state index in [1.807, 2.05) is 0 Å². The van der Waals surface area contributed by atoms with E-state index in [1.165, 1.54) is 6.08 Å². The van der Waals surface area contributed by atoms with Crippen molar-refractivity contribution in [1.29, 1.82) is 0 Å². The lowest BCUT2D eigenvalue weighted by Crippen LogP contribution is -2.52. The van der Waals surface area contributed by atoms with E-state index >= 15 is 0 Å². The normalized spacial score (nSPS) is 42.3. The number of fused-ring (bicyclic) bond motifs is 4. The van der Waals surface area contributed by atoms with Gasteiger partial charge in [-0.3, -0.25) is 0 Å². The molecule has 148 valence electrons. The molecular formula is C16H15F9O. The van der Waals surface area contributed by atoms with Gasteiger partial charge in [0.2, 0.25) is 0 Å². The Morgan fingerprint density at radius 3 is 1.81 bits per heavy atom. The summed E-state index contributed by atoms with van der Waals surface area (Å²) in [5.74, 6) is -10.9. The first-order chi connectivity index (χ1) is 11.7. The first kappa shape index (κ1) is 19.6. The molecule has 0 N–H and O–H groups in total. The summed E-state index contributed by atoms with van der Waals surface area (Å²) in [6, 6.07) is 0. The maximum absolute atomic E-state index is 13.5. The van der Waals surface area contributed by atoms with E-state index in [4.69, 9.17) is 0 Å². The number of halogens is 9. The second-order valence-corrected chi connectivity index (χ2v) is 7.17. The maximum Gasteiger partial charge on any atom is 0.525 e. The van der Waals surface area contributed by atoms with E-state index < -0.39 is 41.6 Å². The third-order valence-electron chi connectivity index (χ3n) is 5.58. The Labute approximate surface area is 142 Å². The second-order valence-electron chi connectivity index (χ2n) is 7.17. The summed E-state index contributed by atoms with van der Waals surface area (Å²) < 4.78 is 115. The number of allylic oxidation sites excluding steroid dienone is 3. The largest absolute Gasteiger partial charge is 0.525 e. The average Bonchev–Trinajstić information content (AvgIpc) is 3.22. The summed E-state index contributed by atoms with van der Waals surface area (Å²) in [5, 5.41) is 0. The molecule has 0 saturated heterocycles. The van der Waals surface area contributed by atoms with Gasteiger partial charge in [0.05, 0.1) is 5.41 Å². The summed E-state index contributed by atoms with van der Waals surface area (Å²) in [5.41, 5.74) is -1.43. The number of rotatable bonds is 1. The number of hydrogen-bond acceptors (Lipinski definition) is 1. The quantitative estimate of drug-likeness (QED) is 0.395. The monoisotopic (exact) mass is 394 g/mol. The average molecular weight is 394 g/mol. The van der Waals surface area contributed by atoms with Gasteiger partial charge in [-0.15, -0.1) is 13.2 Å². The van der Waals surface area contributed by atoms with Crippen LogP contribution in [-0.2, 0) is 4.74 Å². The Morgan fingerprint density at radius 1 is 0.885 bits per heavy atom. The molecule has 5 atom stereocenters. The van der Waals surface area contributed by atoms with Crippen LogP contribution in [0.1, 0.15) is 25.7 Å². The van der Waals surface area contributed by atoms with Gasteiger partial charge in [-0.25, -0.2) is 9.13 Å². The molecule has 5 unspecified atom stereocenters. The van der Waals surface area contributed by atoms with Crippen LogP contribution in [0.5, 0.6) is 0 Å². The van der Waals surface area contributed by atoms with Crippen LogP contribution in [0.3, 0.4) is 0 Å². The van der Waals surface area contributed by atoms with Crippen molar-refractivity contribution in [2.75, 3.05) is 0 Å². The standard InChI is InChI=1S/C8H6F6O.C8H9F3/c9-6(10)4-1-2-5(3-4)7(6,11)15-8(12,13)14;9-8(10,11)7-3-1-6(5-7)2-4-7/h1-2,4-5H,3H2;1,3,6H,2,4-5H2. The van der Waals surface area contributed by atoms with Crippen LogP contribution in [0.2, 0.25) is 0 Å². The minimum atomic E-state index is -5.41. The minimum absolute atomic E-state index is 0.205. The highest BCUT2D eigenvalue weighted by molar-refractivity contribution is 5.22. The zero-order valence-electron chi connectivity index (χ0n) is 13.2. The van der Waals surface area contributed by atoms with Crippen LogP contribution < -0.4 is 0 Å². The highest BCUT2D eigenvalue weighted by Crippen LogP contribution is 2.60. The van der Waals surface area contributed by atoms with Crippen LogP contribution in [0.25, 0.3) is 0 Å². The lowest BCUT2D eigenvalue weighted by atomic mass is 9.87. The first-order valence-corrected chi connectivity index (χ1v) is 7.98. The summed E-state index contributed by atoms with van der Waals surface area (Å²) in [4.78, 5) is 0. The zero-order chi connectivity index (χ0) is 19.6. The van der Waals surface area contributed by atoms with Crippen molar-refractivity contribution in [3.63, 3.8) is 0 Å². The fourth-order valence-corrected chi connectivity index (χ4v) is 4.16. The summed E-state index contributed by atoms with van der Waals surface area (Å²) in [6.45, 7) is 0. The van der Waals surface area contributed by atoms with E-state index in [1.54, 1.807) is 6.08 Å². The van der Waals surface area contributed by atoms with Crippen molar-refractivity contribution in [1.82, 2.24) is 0 Å². The molecule has 4 rings (SSSR count). The molecule has 2 fully saturated rings. The summed E-state index contributed by atoms with van der Waals surface area (Å²) in [6.07, 6.45) is -3.33. The van der Waals surface area contributed by atoms with Crippen molar-refractivity contribution in [2.45, 2.75) is 50.0 Å². The van der Waals surface area contributed by atoms with Gasteiger partial charge in [0.25, 0.3) is 5.85 Å². The van der Waals surface area contributed by atoms with Crippen LogP contribution >= 0.6 is 0 Å². The number of hydrogen-bond donors (Lipinski definition) is 0. The summed E-state index contributed by atoms with van der Waals surface area (Å²) in [7, 11) is 0. The number of ether oxygens (including phenoxy) is 1. The molecule has 0 radical (unpaired) electrons. The van der Waals surface area contributed by atoms with Gasteiger partial charge in [-0.1, -0.05) is 24.3 Å². The molecule has 0 spiro atoms. The SMILES string of the molecule is FC(F)(F)C12C=CC(CC1)C2.FC(F)(F)OC1(F)C2C=CC(C2)C1(F)F. The van der Waals surface area contributed by atoms with Gasteiger partial charge in [0.1, 0.15) is 0 Å². The summed E-state index contributed by atoms with van der Waals surface area (Å²) >= 11 is 0. The molecule has 0 aromatic heterocycles. The molecule has 1 nitrogen and oxygen atoms in total. The Bertz CT molecular complexity index is 620. The van der Waals surface area contributed by atoms with Crippen LogP contribution in [0.15, 0.2) is 24.3 Å². The van der Waals surface area contributed by atoms with Gasteiger partial charge in [-0.05, 0) is 31.6 Å². The first-order valence-electron chi connectivity index (χ1n) is 7.98. The van der Waals surface area contributed by atoms with Gasteiger partial charge in [-0.2, -0.15) is 22.0 Å². The van der Waals surface area contributed by atoms with Gasteiger partial charge in [0.15, 0.2) is 0 Å². The fraction of sp³-hybridized carbons (Fsp3) is 0.750. The van der Waals surface area contributed by atoms with E-state index in [0.29, 0.717) is 12.8 Å². The Kier molecular flexibility index (Phi) is 4.26. The molecule has 4 aliphatic carbocycles. The van der Waals surface area contributed by atoms with Gasteiger partial charge < -0.3 is 0 Å². The van der Waals surface area contributed by atoms with E-state index in [-0.39, 0.29) is 12.3 Å². The van der Waals surface area contributed by atoms with Gasteiger partial charge in [0, 0.05) is 11.8 Å². The van der Waals surface area contributed by atoms with E-state index in [2.05, 4.69) is 4.74 Å². The molecule has 26 heavy (non-hydrogen) atoms. The molecule has 4 bridgehead atoms. The Morgan fingerprint density at radius 2 is 1.50 bits per heavy atom. The van der Waals surface area contributed by atoms with E-state index in [0.717, 1.165) is 18.6 Å². The maximum atomic E-state index is 13.5.